The minimum Gasteiger partial charge on any atom is -0.508 e. The predicted molar refractivity (Wildman–Crippen MR) is 287 cm³/mol. The Morgan fingerprint density at radius 2 is 1.34 bits per heavy atom. The van der Waals surface area contributed by atoms with Gasteiger partial charge in [0.1, 0.15) is 50.1 Å². The van der Waals surface area contributed by atoms with Gasteiger partial charge in [0.2, 0.25) is 0 Å². The fraction of sp³-hybridized carbons (Fsp3) is 0.283. The Kier molecular flexibility index (Phi) is 15.8. The number of piperidine rings is 1. The Bertz CT molecular complexity index is 3330. The number of nitrogens with one attached hydrogen (secondary N) is 6. The van der Waals surface area contributed by atoms with Crippen LogP contribution in [0.2, 0.25) is 0 Å². The van der Waals surface area contributed by atoms with E-state index in [0.29, 0.717) is 74.6 Å². The fourth-order valence-electron chi connectivity index (χ4n) is 8.17. The highest BCUT2D eigenvalue weighted by molar-refractivity contribution is 7.18. The minimum absolute atomic E-state index is 0.00217. The first-order chi connectivity index (χ1) is 36.0. The van der Waals surface area contributed by atoms with Gasteiger partial charge in [-0.25, -0.2) is 24.7 Å². The van der Waals surface area contributed by atoms with E-state index in [1.165, 1.54) is 24.5 Å². The van der Waals surface area contributed by atoms with Crippen molar-refractivity contribution in [3.63, 3.8) is 0 Å². The third kappa shape index (κ3) is 13.1. The maximum absolute atomic E-state index is 13.9. The molecule has 0 saturated carbocycles. The van der Waals surface area contributed by atoms with Gasteiger partial charge in [-0.2, -0.15) is 13.2 Å². The smallest absolute Gasteiger partial charge is 0.416 e. The van der Waals surface area contributed by atoms with E-state index in [-0.39, 0.29) is 50.2 Å². The molecule has 3 aromatic carbocycles. The van der Waals surface area contributed by atoms with E-state index in [2.05, 4.69) is 51.8 Å². The van der Waals surface area contributed by atoms with E-state index in [4.69, 9.17) is 9.72 Å². The highest BCUT2D eigenvalue weighted by atomic mass is 32.1. The number of rotatable bonds is 14. The maximum atomic E-state index is 13.9. The number of aryl methyl sites for hydroxylation is 2. The van der Waals surface area contributed by atoms with E-state index in [1.807, 2.05) is 32.9 Å². The molecule has 4 amide bonds. The standard InChI is InChI=1S/C53H54F3N11O7S2/c1-27-11-17-36(68)35(43(27)64-47(71)38-25-57-49(75-38)63-40-9-8-10-42(60-40)67-21-19-34(20-22-67)59-51(73)74-52(5,6)7)23-32-24-37(69)30(4)44(29(32)3)65-48(72)39-26-58-50(76-39)66-45-28(2)12-18-41(61-45)62-46(70)31-13-15-33(16-14-31)53(54,55)56/h8-18,24-26,34,68-69H,19-23H2,1-7H3,(H,59,73)(H,64,71)(H,65,72)(H,57,60,63)(H2,58,61,62,66,70). The lowest BCUT2D eigenvalue weighted by Crippen LogP contribution is -2.46. The first-order valence-corrected chi connectivity index (χ1v) is 25.5. The molecule has 0 atom stereocenters. The second-order valence-electron chi connectivity index (χ2n) is 19.0. The van der Waals surface area contributed by atoms with Crippen molar-refractivity contribution in [2.45, 2.75) is 85.5 Å². The predicted octanol–water partition coefficient (Wildman–Crippen LogP) is 11.4. The second kappa shape index (κ2) is 22.3. The number of hydrogen-bond donors (Lipinski definition) is 8. The van der Waals surface area contributed by atoms with Gasteiger partial charge in [0.05, 0.1) is 29.3 Å². The van der Waals surface area contributed by atoms with Gasteiger partial charge in [-0.1, -0.05) is 40.9 Å². The number of carbonyl (C=O) groups is 4. The molecular formula is C53H54F3N11O7S2. The van der Waals surface area contributed by atoms with Crippen molar-refractivity contribution in [2.75, 3.05) is 44.6 Å². The molecule has 7 aromatic rings. The zero-order valence-corrected chi connectivity index (χ0v) is 44.0. The summed E-state index contributed by atoms with van der Waals surface area (Å²) in [4.78, 5) is 73.4. The lowest BCUT2D eigenvalue weighted by molar-refractivity contribution is -0.137. The number of phenolic OH excluding ortho intramolecular Hbond substituents is 2. The van der Waals surface area contributed by atoms with Crippen molar-refractivity contribution in [3.05, 3.63) is 139 Å². The number of alkyl carbamates (subject to hydrolysis) is 1. The van der Waals surface area contributed by atoms with Gasteiger partial charge in [-0.05, 0) is 138 Å². The van der Waals surface area contributed by atoms with E-state index >= 15 is 0 Å². The number of carbonyl (C=O) groups excluding carboxylic acids is 4. The molecule has 1 fully saturated rings. The summed E-state index contributed by atoms with van der Waals surface area (Å²) in [5, 5.41) is 40.8. The summed E-state index contributed by atoms with van der Waals surface area (Å²) in [6.07, 6.45) is -0.677. The van der Waals surface area contributed by atoms with Gasteiger partial charge in [-0.3, -0.25) is 14.4 Å². The number of phenols is 2. The van der Waals surface area contributed by atoms with Crippen LogP contribution in [0.3, 0.4) is 0 Å². The van der Waals surface area contributed by atoms with Crippen LogP contribution in [-0.4, -0.2) is 78.7 Å². The van der Waals surface area contributed by atoms with Crippen LogP contribution < -0.4 is 36.8 Å². The fourth-order valence-corrected chi connectivity index (χ4v) is 9.60. The number of nitrogens with zero attached hydrogens (tertiary/aromatic N) is 5. The normalized spacial score (nSPS) is 12.9. The Balaban J connectivity index is 0.904. The molecule has 8 rings (SSSR count). The third-order valence-corrected chi connectivity index (χ3v) is 14.1. The molecule has 1 saturated heterocycles. The van der Waals surface area contributed by atoms with Crippen molar-refractivity contribution in [1.29, 1.82) is 0 Å². The monoisotopic (exact) mass is 1080 g/mol. The van der Waals surface area contributed by atoms with Crippen molar-refractivity contribution < 1.29 is 47.3 Å². The van der Waals surface area contributed by atoms with Crippen LogP contribution in [-0.2, 0) is 17.3 Å². The molecule has 23 heteroatoms. The molecule has 4 aromatic heterocycles. The average molecular weight is 1080 g/mol. The average Bonchev–Trinajstić information content (AvgIpc) is 4.05. The molecule has 0 aliphatic carbocycles. The van der Waals surface area contributed by atoms with Crippen LogP contribution in [0.4, 0.5) is 62.9 Å². The number of aromatic nitrogens is 4. The first-order valence-electron chi connectivity index (χ1n) is 23.9. The number of halogens is 3. The van der Waals surface area contributed by atoms with E-state index < -0.39 is 41.2 Å². The second-order valence-corrected chi connectivity index (χ2v) is 21.1. The zero-order valence-electron chi connectivity index (χ0n) is 42.3. The SMILES string of the molecule is Cc1ccc(NC(=O)c2ccc(C(F)(F)F)cc2)nc1Nc1ncc(C(=O)Nc2c(C)c(O)cc(Cc3c(O)ccc(C)c3NC(=O)c3cnc(Nc4cccc(N5CCC(NC(=O)OC(C)(C)C)CC5)n4)s3)c2C)s1. The summed E-state index contributed by atoms with van der Waals surface area (Å²) >= 11 is 2.13. The number of pyridine rings is 2. The highest BCUT2D eigenvalue weighted by Gasteiger charge is 2.31. The molecule has 1 aliphatic heterocycles. The Labute approximate surface area is 443 Å². The number of ether oxygens (including phenoxy) is 1. The maximum Gasteiger partial charge on any atom is 0.416 e. The minimum atomic E-state index is -4.54. The van der Waals surface area contributed by atoms with Crippen LogP contribution in [0.1, 0.15) is 102 Å². The van der Waals surface area contributed by atoms with Gasteiger partial charge in [0, 0.05) is 42.2 Å². The van der Waals surface area contributed by atoms with Crippen LogP contribution >= 0.6 is 22.7 Å². The van der Waals surface area contributed by atoms with Crippen molar-refractivity contribution in [2.24, 2.45) is 0 Å². The summed E-state index contributed by atoms with van der Waals surface area (Å²) in [5.41, 5.74) is 2.46. The number of aromatic hydroxyl groups is 2. The molecular weight excluding hydrogens is 1020 g/mol. The van der Waals surface area contributed by atoms with Crippen molar-refractivity contribution in [3.8, 4) is 11.5 Å². The lowest BCUT2D eigenvalue weighted by Gasteiger charge is -2.33. The molecule has 5 heterocycles. The van der Waals surface area contributed by atoms with Crippen LogP contribution in [0, 0.1) is 27.7 Å². The van der Waals surface area contributed by atoms with E-state index in [0.717, 1.165) is 65.6 Å². The van der Waals surface area contributed by atoms with Gasteiger partial charge < -0.3 is 51.8 Å². The van der Waals surface area contributed by atoms with Crippen LogP contribution in [0.15, 0.2) is 85.2 Å². The molecule has 0 radical (unpaired) electrons. The van der Waals surface area contributed by atoms with E-state index in [1.54, 1.807) is 52.0 Å². The topological polar surface area (TPSA) is 245 Å². The number of thiazole rings is 2. The Hall–Kier alpha value is -8.31. The summed E-state index contributed by atoms with van der Waals surface area (Å²) < 4.78 is 44.5. The summed E-state index contributed by atoms with van der Waals surface area (Å²) in [6.45, 7) is 13.8. The molecule has 18 nitrogen and oxygen atoms in total. The number of anilines is 8. The molecule has 76 heavy (non-hydrogen) atoms. The number of alkyl halides is 3. The summed E-state index contributed by atoms with van der Waals surface area (Å²) in [7, 11) is 0. The molecule has 8 N–H and O–H groups in total. The molecule has 396 valence electrons. The van der Waals surface area contributed by atoms with Gasteiger partial charge in [0.25, 0.3) is 17.7 Å². The highest BCUT2D eigenvalue weighted by Crippen LogP contribution is 2.38. The van der Waals surface area contributed by atoms with Crippen LogP contribution in [0.5, 0.6) is 11.5 Å². The zero-order chi connectivity index (χ0) is 54.6. The summed E-state index contributed by atoms with van der Waals surface area (Å²) in [5.74, 6) is -0.187. The molecule has 0 spiro atoms. The lowest BCUT2D eigenvalue weighted by atomic mass is 9.93. The Morgan fingerprint density at radius 1 is 0.711 bits per heavy atom. The largest absolute Gasteiger partial charge is 0.508 e. The molecule has 1 aliphatic rings. The first kappa shape index (κ1) is 54.0. The quantitative estimate of drug-likeness (QED) is 0.0505. The number of amides is 4. The molecule has 0 unspecified atom stereocenters. The number of benzene rings is 3. The molecule has 0 bridgehead atoms. The Morgan fingerprint density at radius 3 is 1.99 bits per heavy atom. The van der Waals surface area contributed by atoms with Crippen LogP contribution in [0.25, 0.3) is 0 Å². The summed E-state index contributed by atoms with van der Waals surface area (Å²) in [6, 6.07) is 17.3. The van der Waals surface area contributed by atoms with Gasteiger partial charge in [0.15, 0.2) is 10.3 Å². The number of hydrogen-bond acceptors (Lipinski definition) is 16. The van der Waals surface area contributed by atoms with Gasteiger partial charge in [-0.15, -0.1) is 0 Å². The van der Waals surface area contributed by atoms with Crippen molar-refractivity contribution in [1.82, 2.24) is 25.3 Å². The van der Waals surface area contributed by atoms with Gasteiger partial charge >= 0.3 is 12.3 Å². The van der Waals surface area contributed by atoms with Crippen molar-refractivity contribution >= 4 is 91.4 Å². The van der Waals surface area contributed by atoms with E-state index in [9.17, 15) is 42.6 Å². The third-order valence-electron chi connectivity index (χ3n) is 12.3.